The molecule has 0 aromatic carbocycles. The third kappa shape index (κ3) is 1.57. The van der Waals surface area contributed by atoms with Crippen molar-refractivity contribution in [2.24, 2.45) is 0 Å². The number of thiophene rings is 1. The molecule has 0 spiro atoms. The highest BCUT2D eigenvalue weighted by Crippen LogP contribution is 2.48. The molecule has 0 saturated heterocycles. The summed E-state index contributed by atoms with van der Waals surface area (Å²) in [5, 5.41) is 8.38. The van der Waals surface area contributed by atoms with E-state index < -0.39 is 11.0 Å². The lowest BCUT2D eigenvalue weighted by Gasteiger charge is -2.11. The summed E-state index contributed by atoms with van der Waals surface area (Å²) in [6.45, 7) is 0. The summed E-state index contributed by atoms with van der Waals surface area (Å²) in [4.78, 5) is 12.3. The molecule has 14 heavy (non-hydrogen) atoms. The molecule has 5 heteroatoms. The molecule has 1 atom stereocenters. The molecule has 74 valence electrons. The van der Waals surface area contributed by atoms with Crippen LogP contribution in [0.5, 0.6) is 0 Å². The highest BCUT2D eigenvalue weighted by molar-refractivity contribution is 8.10. The molecule has 0 fully saturated rings. The number of rotatable bonds is 2. The van der Waals surface area contributed by atoms with Gasteiger partial charge in [-0.05, 0) is 11.4 Å². The van der Waals surface area contributed by atoms with E-state index in [2.05, 4.69) is 0 Å². The van der Waals surface area contributed by atoms with Crippen molar-refractivity contribution in [3.8, 4) is 0 Å². The Hall–Kier alpha value is -0.810. The Labute approximate surface area is 88.4 Å². The first kappa shape index (κ1) is 9.73. The summed E-state index contributed by atoms with van der Waals surface area (Å²) in [5.74, 6) is -1.40. The number of carboxylic acid groups (broad SMARTS) is 1. The average molecular weight is 230 g/mol. The lowest BCUT2D eigenvalue weighted by atomic mass is 10.2. The van der Waals surface area contributed by atoms with Crippen molar-refractivity contribution < 1.29 is 14.3 Å². The molecule has 1 unspecified atom stereocenters. The molecule has 0 saturated carbocycles. The predicted octanol–water partition coefficient (Wildman–Crippen LogP) is 2.98. The number of halogens is 1. The fraction of sp³-hybridized carbons (Fsp3) is 0.222. The number of alkyl halides is 1. The minimum absolute atomic E-state index is 0.0553. The smallest absolute Gasteiger partial charge is 0.352 e. The molecule has 1 N–H and O–H groups in total. The van der Waals surface area contributed by atoms with E-state index in [1.807, 2.05) is 17.5 Å². The topological polar surface area (TPSA) is 37.3 Å². The zero-order chi connectivity index (χ0) is 10.2. The maximum Gasteiger partial charge on any atom is 0.352 e. The summed E-state index contributed by atoms with van der Waals surface area (Å²) < 4.78 is 13.6. The number of allylic oxidation sites excluding steroid dienone is 1. The van der Waals surface area contributed by atoms with Gasteiger partial charge in [-0.25, -0.2) is 9.18 Å². The number of carbonyl (C=O) groups is 1. The molecule has 0 bridgehead atoms. The van der Waals surface area contributed by atoms with Crippen LogP contribution >= 0.6 is 23.1 Å². The van der Waals surface area contributed by atoms with Crippen LogP contribution in [-0.4, -0.2) is 16.1 Å². The van der Waals surface area contributed by atoms with E-state index >= 15 is 0 Å². The van der Waals surface area contributed by atoms with Crippen LogP contribution in [0, 0.1) is 0 Å². The van der Waals surface area contributed by atoms with Crippen molar-refractivity contribution in [2.75, 3.05) is 0 Å². The highest BCUT2D eigenvalue weighted by atomic mass is 32.2. The molecular formula is C9H7FO2S2. The van der Waals surface area contributed by atoms with Gasteiger partial charge in [-0.1, -0.05) is 23.9 Å². The van der Waals surface area contributed by atoms with Gasteiger partial charge in [-0.2, -0.15) is 0 Å². The van der Waals surface area contributed by atoms with Crippen LogP contribution in [0.25, 0.3) is 4.91 Å². The summed E-state index contributed by atoms with van der Waals surface area (Å²) in [6, 6.07) is 3.72. The second-order valence-electron chi connectivity index (χ2n) is 2.89. The second kappa shape index (κ2) is 3.40. The molecule has 2 rings (SSSR count). The molecule has 1 aliphatic rings. The Morgan fingerprint density at radius 1 is 1.64 bits per heavy atom. The van der Waals surface area contributed by atoms with Crippen molar-refractivity contribution >= 4 is 34.0 Å². The first-order valence-corrected chi connectivity index (χ1v) is 5.67. The van der Waals surface area contributed by atoms with Crippen molar-refractivity contribution in [3.63, 3.8) is 0 Å². The Bertz CT molecular complexity index is 386. The molecule has 1 aromatic heterocycles. The fourth-order valence-corrected chi connectivity index (χ4v) is 3.05. The highest BCUT2D eigenvalue weighted by Gasteiger charge is 2.43. The Morgan fingerprint density at radius 3 is 2.93 bits per heavy atom. The van der Waals surface area contributed by atoms with E-state index in [0.29, 0.717) is 0 Å². The van der Waals surface area contributed by atoms with Gasteiger partial charge in [-0.15, -0.1) is 11.3 Å². The SMILES string of the molecule is O=C(O)C1(F)CC=C(c2cccs2)S1. The zero-order valence-corrected chi connectivity index (χ0v) is 8.70. The number of hydrogen-bond donors (Lipinski definition) is 1. The Balaban J connectivity index is 2.19. The van der Waals surface area contributed by atoms with E-state index in [4.69, 9.17) is 5.11 Å². The van der Waals surface area contributed by atoms with Crippen LogP contribution in [0.15, 0.2) is 23.6 Å². The molecule has 0 aliphatic carbocycles. The first-order valence-electron chi connectivity index (χ1n) is 3.97. The van der Waals surface area contributed by atoms with Crippen molar-refractivity contribution in [1.29, 1.82) is 0 Å². The fourth-order valence-electron chi connectivity index (χ4n) is 1.18. The van der Waals surface area contributed by atoms with Gasteiger partial charge in [0.2, 0.25) is 0 Å². The zero-order valence-electron chi connectivity index (χ0n) is 7.07. The molecule has 1 aromatic rings. The van der Waals surface area contributed by atoms with E-state index in [-0.39, 0.29) is 6.42 Å². The largest absolute Gasteiger partial charge is 0.478 e. The maximum atomic E-state index is 13.6. The monoisotopic (exact) mass is 230 g/mol. The molecule has 2 heterocycles. The van der Waals surface area contributed by atoms with Gasteiger partial charge in [0.05, 0.1) is 0 Å². The van der Waals surface area contributed by atoms with Crippen LogP contribution in [0.1, 0.15) is 11.3 Å². The van der Waals surface area contributed by atoms with Gasteiger partial charge in [0.1, 0.15) is 0 Å². The number of hydrogen-bond acceptors (Lipinski definition) is 3. The second-order valence-corrected chi connectivity index (χ2v) is 5.12. The normalized spacial score (nSPS) is 26.2. The summed E-state index contributed by atoms with van der Waals surface area (Å²) in [5.41, 5.74) is 0. The van der Waals surface area contributed by atoms with E-state index in [1.165, 1.54) is 11.3 Å². The minimum Gasteiger partial charge on any atom is -0.478 e. The quantitative estimate of drug-likeness (QED) is 0.848. The van der Waals surface area contributed by atoms with Gasteiger partial charge < -0.3 is 5.11 Å². The number of carboxylic acids is 1. The van der Waals surface area contributed by atoms with Gasteiger partial charge in [0, 0.05) is 16.2 Å². The lowest BCUT2D eigenvalue weighted by Crippen LogP contribution is -2.26. The maximum absolute atomic E-state index is 13.6. The molecule has 2 nitrogen and oxygen atoms in total. The number of thioether (sulfide) groups is 1. The number of aliphatic carboxylic acids is 1. The van der Waals surface area contributed by atoms with E-state index in [0.717, 1.165) is 21.5 Å². The summed E-state index contributed by atoms with van der Waals surface area (Å²) >= 11 is 2.27. The van der Waals surface area contributed by atoms with Crippen LogP contribution in [-0.2, 0) is 4.79 Å². The predicted molar refractivity (Wildman–Crippen MR) is 56.0 cm³/mol. The molecule has 0 radical (unpaired) electrons. The summed E-state index contributed by atoms with van der Waals surface area (Å²) in [6.07, 6.45) is 1.59. The van der Waals surface area contributed by atoms with Crippen molar-refractivity contribution in [2.45, 2.75) is 11.4 Å². The Morgan fingerprint density at radius 2 is 2.43 bits per heavy atom. The Kier molecular flexibility index (Phi) is 2.36. The van der Waals surface area contributed by atoms with E-state index in [9.17, 15) is 9.18 Å². The minimum atomic E-state index is -2.17. The standard InChI is InChI=1S/C9H7FO2S2/c10-9(8(11)12)4-3-7(14-9)6-2-1-5-13-6/h1-3,5H,4H2,(H,11,12). The van der Waals surface area contributed by atoms with Crippen LogP contribution in [0.3, 0.4) is 0 Å². The van der Waals surface area contributed by atoms with Crippen LogP contribution < -0.4 is 0 Å². The van der Waals surface area contributed by atoms with Crippen LogP contribution in [0.4, 0.5) is 4.39 Å². The van der Waals surface area contributed by atoms with E-state index in [1.54, 1.807) is 6.08 Å². The first-order chi connectivity index (χ1) is 6.62. The van der Waals surface area contributed by atoms with Gasteiger partial charge in [0.15, 0.2) is 0 Å². The van der Waals surface area contributed by atoms with Gasteiger partial charge in [0.25, 0.3) is 5.00 Å². The van der Waals surface area contributed by atoms with Gasteiger partial charge in [-0.3, -0.25) is 0 Å². The molecular weight excluding hydrogens is 223 g/mol. The van der Waals surface area contributed by atoms with Crippen LogP contribution in [0.2, 0.25) is 0 Å². The third-order valence-corrected chi connectivity index (χ3v) is 4.21. The average Bonchev–Trinajstić information content (AvgIpc) is 2.72. The lowest BCUT2D eigenvalue weighted by molar-refractivity contribution is -0.144. The van der Waals surface area contributed by atoms with Crippen molar-refractivity contribution in [1.82, 2.24) is 0 Å². The van der Waals surface area contributed by atoms with Crippen molar-refractivity contribution in [3.05, 3.63) is 28.5 Å². The third-order valence-electron chi connectivity index (χ3n) is 1.91. The summed E-state index contributed by atoms with van der Waals surface area (Å²) in [7, 11) is 0. The molecule has 1 aliphatic heterocycles. The van der Waals surface area contributed by atoms with Gasteiger partial charge >= 0.3 is 5.97 Å². The molecule has 0 amide bonds.